The van der Waals surface area contributed by atoms with Crippen LogP contribution in [0.5, 0.6) is 0 Å². The largest absolute Gasteiger partial charge is 0.445 e. The standard InChI is InChI=1S/C29H41N2.CH3.Al/c1-18(2)24-13-11-14-25(19(3)4)28(24)30-22(9)17-23(10)31-29-26(20(5)6)15-12-16-27(29)21(7)8;;/h11-21H,1-10H3;1H3;/q-1;;+1/b22-17-,31-23?;;. The molecule has 0 aliphatic carbocycles. The van der Waals surface area contributed by atoms with Gasteiger partial charge in [0.1, 0.15) is 0 Å². The summed E-state index contributed by atoms with van der Waals surface area (Å²) in [5, 5.41) is 0. The van der Waals surface area contributed by atoms with Gasteiger partial charge in [0.05, 0.1) is 5.69 Å². The number of para-hydroxylation sites is 2. The zero-order valence-electron chi connectivity index (χ0n) is 22.8. The predicted octanol–water partition coefficient (Wildman–Crippen LogP) is 9.35. The molecular formula is C30H44AlN2. The molecule has 0 amide bonds. The lowest BCUT2D eigenvalue weighted by atomic mass is 9.92. The molecule has 3 heteroatoms. The molecule has 0 heterocycles. The van der Waals surface area contributed by atoms with Crippen LogP contribution in [0.25, 0.3) is 0 Å². The van der Waals surface area contributed by atoms with Crippen LogP contribution < -0.4 is 3.88 Å². The lowest BCUT2D eigenvalue weighted by molar-refractivity contribution is 0.831. The smallest absolute Gasteiger partial charge is 0.373 e. The number of anilines is 1. The Labute approximate surface area is 210 Å². The van der Waals surface area contributed by atoms with Gasteiger partial charge in [-0.3, -0.25) is 4.99 Å². The predicted molar refractivity (Wildman–Crippen MR) is 150 cm³/mol. The van der Waals surface area contributed by atoms with Crippen LogP contribution in [0.3, 0.4) is 0 Å². The minimum Gasteiger partial charge on any atom is -0.445 e. The van der Waals surface area contributed by atoms with Gasteiger partial charge in [0.25, 0.3) is 0 Å². The molecule has 0 spiro atoms. The number of nitrogens with zero attached hydrogens (tertiary/aromatic N) is 2. The van der Waals surface area contributed by atoms with E-state index in [0.29, 0.717) is 23.7 Å². The molecule has 0 bridgehead atoms. The average molecular weight is 460 g/mol. The first kappa shape index (κ1) is 27.4. The van der Waals surface area contributed by atoms with E-state index >= 15 is 0 Å². The monoisotopic (exact) mass is 459 g/mol. The van der Waals surface area contributed by atoms with Crippen molar-refractivity contribution in [3.8, 4) is 0 Å². The first-order valence-corrected chi connectivity index (χ1v) is 14.2. The van der Waals surface area contributed by atoms with Gasteiger partial charge in [-0.2, -0.15) is 0 Å². The Morgan fingerprint density at radius 3 is 1.48 bits per heavy atom. The molecule has 0 fully saturated rings. The van der Waals surface area contributed by atoms with Crippen LogP contribution in [0.15, 0.2) is 53.2 Å². The van der Waals surface area contributed by atoms with E-state index in [0.717, 1.165) is 11.4 Å². The van der Waals surface area contributed by atoms with Gasteiger partial charge in [-0.15, -0.1) is 0 Å². The topological polar surface area (TPSA) is 15.6 Å². The van der Waals surface area contributed by atoms with E-state index in [1.807, 2.05) is 0 Å². The number of hydrogen-bond acceptors (Lipinski definition) is 2. The van der Waals surface area contributed by atoms with Gasteiger partial charge in [0.2, 0.25) is 0 Å². The van der Waals surface area contributed by atoms with E-state index in [-0.39, 0.29) is 15.4 Å². The third-order valence-electron chi connectivity index (χ3n) is 6.27. The lowest BCUT2D eigenvalue weighted by Crippen LogP contribution is -2.27. The lowest BCUT2D eigenvalue weighted by Gasteiger charge is -2.32. The van der Waals surface area contributed by atoms with Crippen LogP contribution in [0.1, 0.15) is 115 Å². The summed E-state index contributed by atoms with van der Waals surface area (Å²) in [5.74, 6) is 4.20. The van der Waals surface area contributed by atoms with Crippen molar-refractivity contribution in [2.24, 2.45) is 4.99 Å². The Kier molecular flexibility index (Phi) is 10.0. The molecule has 2 aromatic carbocycles. The van der Waals surface area contributed by atoms with Crippen molar-refractivity contribution in [2.75, 3.05) is 3.88 Å². The molecule has 0 aliphatic heterocycles. The molecule has 0 saturated heterocycles. The van der Waals surface area contributed by atoms with Crippen molar-refractivity contribution in [3.63, 3.8) is 0 Å². The molecule has 0 aliphatic rings. The van der Waals surface area contributed by atoms with E-state index in [4.69, 9.17) is 4.99 Å². The second kappa shape index (κ2) is 12.1. The highest BCUT2D eigenvalue weighted by Gasteiger charge is 2.20. The number of benzene rings is 2. The molecule has 177 valence electrons. The highest BCUT2D eigenvalue weighted by molar-refractivity contribution is 6.41. The summed E-state index contributed by atoms with van der Waals surface area (Å²) in [4.78, 5) is 5.19. The first-order chi connectivity index (χ1) is 15.5. The molecule has 0 saturated carbocycles. The number of rotatable bonds is 9. The fourth-order valence-corrected chi connectivity index (χ4v) is 5.56. The SMILES string of the molecule is [CH3][Al][N](/C(C)=C\C(C)=Nc1c(C(C)C)cccc1C(C)C)c1c(C(C)C)cccc1C(C)C. The Morgan fingerprint density at radius 2 is 1.12 bits per heavy atom. The second-order valence-electron chi connectivity index (χ2n) is 10.4. The zero-order chi connectivity index (χ0) is 24.9. The Hall–Kier alpha value is -1.82. The maximum absolute atomic E-state index is 5.19. The molecule has 1 radical (unpaired) electrons. The summed E-state index contributed by atoms with van der Waals surface area (Å²) < 4.78 is 2.56. The van der Waals surface area contributed by atoms with Crippen LogP contribution in [0.2, 0.25) is 5.79 Å². The van der Waals surface area contributed by atoms with Crippen LogP contribution in [-0.2, 0) is 0 Å². The van der Waals surface area contributed by atoms with Crippen LogP contribution >= 0.6 is 0 Å². The fourth-order valence-electron chi connectivity index (χ4n) is 4.52. The summed E-state index contributed by atoms with van der Waals surface area (Å²) in [7, 11) is 0. The summed E-state index contributed by atoms with van der Waals surface area (Å²) in [6.45, 7) is 22.6. The van der Waals surface area contributed by atoms with Crippen LogP contribution in [-0.4, -0.2) is 21.2 Å². The normalized spacial score (nSPS) is 12.9. The van der Waals surface area contributed by atoms with Crippen molar-refractivity contribution in [1.29, 1.82) is 0 Å². The molecule has 0 aromatic heterocycles. The number of allylic oxidation sites excluding steroid dienone is 2. The summed E-state index contributed by atoms with van der Waals surface area (Å²) in [6, 6.07) is 13.5. The van der Waals surface area contributed by atoms with Gasteiger partial charge in [0, 0.05) is 11.4 Å². The Balaban J connectivity index is 2.61. The maximum Gasteiger partial charge on any atom is 0.373 e. The molecule has 2 rings (SSSR count). The van der Waals surface area contributed by atoms with E-state index in [2.05, 4.69) is 121 Å². The van der Waals surface area contributed by atoms with Gasteiger partial charge in [0.15, 0.2) is 0 Å². The number of hydrogen-bond donors (Lipinski definition) is 0. The molecule has 33 heavy (non-hydrogen) atoms. The Bertz CT molecular complexity index is 944. The van der Waals surface area contributed by atoms with Crippen molar-refractivity contribution < 1.29 is 0 Å². The van der Waals surface area contributed by atoms with Gasteiger partial charge in [-0.25, -0.2) is 0 Å². The zero-order valence-corrected chi connectivity index (χ0v) is 24.0. The van der Waals surface area contributed by atoms with Gasteiger partial charge >= 0.3 is 15.4 Å². The van der Waals surface area contributed by atoms with Crippen LogP contribution in [0, 0.1) is 0 Å². The quantitative estimate of drug-likeness (QED) is 0.269. The molecular weight excluding hydrogens is 415 g/mol. The maximum atomic E-state index is 5.19. The highest BCUT2D eigenvalue weighted by atomic mass is 27.1. The van der Waals surface area contributed by atoms with Crippen LogP contribution in [0.4, 0.5) is 11.4 Å². The van der Waals surface area contributed by atoms with Crippen molar-refractivity contribution >= 4 is 32.5 Å². The third-order valence-corrected chi connectivity index (χ3v) is 7.45. The summed E-state index contributed by atoms with van der Waals surface area (Å²) in [6.07, 6.45) is 2.28. The minimum absolute atomic E-state index is 0.0902. The number of aliphatic imine (C=N–C) groups is 1. The van der Waals surface area contributed by atoms with Gasteiger partial charge in [-0.05, 0) is 71.5 Å². The van der Waals surface area contributed by atoms with Crippen molar-refractivity contribution in [1.82, 2.24) is 0 Å². The van der Waals surface area contributed by atoms with Gasteiger partial charge < -0.3 is 3.88 Å². The van der Waals surface area contributed by atoms with E-state index < -0.39 is 0 Å². The van der Waals surface area contributed by atoms with E-state index in [1.54, 1.807) is 0 Å². The summed E-state index contributed by atoms with van der Waals surface area (Å²) in [5.41, 5.74) is 10.4. The Morgan fingerprint density at radius 1 is 0.727 bits per heavy atom. The van der Waals surface area contributed by atoms with Gasteiger partial charge in [-0.1, -0.05) is 97.6 Å². The third kappa shape index (κ3) is 6.62. The first-order valence-electron chi connectivity index (χ1n) is 12.6. The molecule has 0 unspecified atom stereocenters. The molecule has 0 N–H and O–H groups in total. The molecule has 2 nitrogen and oxygen atoms in total. The van der Waals surface area contributed by atoms with E-state index in [1.165, 1.54) is 33.6 Å². The van der Waals surface area contributed by atoms with E-state index in [9.17, 15) is 0 Å². The second-order valence-corrected chi connectivity index (χ2v) is 11.4. The molecule has 2 aromatic rings. The summed E-state index contributed by atoms with van der Waals surface area (Å²) >= 11 is 0.0902. The average Bonchev–Trinajstić information content (AvgIpc) is 2.73. The minimum atomic E-state index is 0.0902. The van der Waals surface area contributed by atoms with Crippen molar-refractivity contribution in [3.05, 3.63) is 70.4 Å². The fraction of sp³-hybridized carbons (Fsp3) is 0.500. The highest BCUT2D eigenvalue weighted by Crippen LogP contribution is 2.37. The molecule has 0 atom stereocenters. The van der Waals surface area contributed by atoms with Crippen molar-refractivity contribution in [2.45, 2.75) is 98.7 Å².